The van der Waals surface area contributed by atoms with Gasteiger partial charge in [0.15, 0.2) is 9.84 Å². The number of rotatable bonds is 3. The maximum atomic E-state index is 13.3. The number of benzene rings is 3. The molecule has 2 aliphatic heterocycles. The molecule has 8 heteroatoms. The Labute approximate surface area is 228 Å². The van der Waals surface area contributed by atoms with Gasteiger partial charge in [-0.15, -0.1) is 0 Å². The summed E-state index contributed by atoms with van der Waals surface area (Å²) in [5.41, 5.74) is 2.41. The first kappa shape index (κ1) is 26.0. The van der Waals surface area contributed by atoms with E-state index < -0.39 is 9.84 Å². The lowest BCUT2D eigenvalue weighted by atomic mass is 9.73. The number of piperidine rings is 1. The van der Waals surface area contributed by atoms with Crippen LogP contribution in [0.3, 0.4) is 0 Å². The van der Waals surface area contributed by atoms with Gasteiger partial charge in [-0.2, -0.15) is 0 Å². The fourth-order valence-corrected chi connectivity index (χ4v) is 6.01. The molecule has 2 fully saturated rings. The van der Waals surface area contributed by atoms with Gasteiger partial charge in [0.05, 0.1) is 15.5 Å². The van der Waals surface area contributed by atoms with Crippen LogP contribution in [0.5, 0.6) is 0 Å². The smallest absolute Gasteiger partial charge is 0.255 e. The molecule has 0 N–H and O–H groups in total. The van der Waals surface area contributed by atoms with E-state index in [4.69, 9.17) is 11.6 Å². The van der Waals surface area contributed by atoms with Crippen LogP contribution in [0, 0.1) is 17.3 Å². The van der Waals surface area contributed by atoms with Gasteiger partial charge in [0.2, 0.25) is 0 Å². The van der Waals surface area contributed by atoms with E-state index in [0.717, 1.165) is 30.2 Å². The lowest BCUT2D eigenvalue weighted by Crippen LogP contribution is -2.64. The molecule has 2 heterocycles. The van der Waals surface area contributed by atoms with Crippen molar-refractivity contribution < 1.29 is 18.0 Å². The molecular weight excluding hydrogens is 520 g/mol. The van der Waals surface area contributed by atoms with E-state index in [1.165, 1.54) is 18.2 Å². The van der Waals surface area contributed by atoms with Crippen LogP contribution in [-0.2, 0) is 9.84 Å². The first-order valence-corrected chi connectivity index (χ1v) is 14.7. The SMILES string of the molecule is CS(=O)(=O)c1ccc(Cl)c(C(=O)N2CCCC3(CN(C(=O)c4ccc(C#Cc5ccccc5)cc4)C3)C2)c1. The van der Waals surface area contributed by atoms with E-state index in [9.17, 15) is 18.0 Å². The summed E-state index contributed by atoms with van der Waals surface area (Å²) in [4.78, 5) is 30.0. The second kappa shape index (κ2) is 10.3. The molecule has 2 amide bonds. The highest BCUT2D eigenvalue weighted by atomic mass is 35.5. The number of carbonyl (C=O) groups excluding carboxylic acids is 2. The van der Waals surface area contributed by atoms with Gasteiger partial charge in [0, 0.05) is 54.5 Å². The van der Waals surface area contributed by atoms with Gasteiger partial charge in [-0.3, -0.25) is 9.59 Å². The number of carbonyl (C=O) groups is 2. The van der Waals surface area contributed by atoms with E-state index in [1.54, 1.807) is 17.0 Å². The number of amides is 2. The Bertz CT molecular complexity index is 1550. The van der Waals surface area contributed by atoms with Gasteiger partial charge in [-0.1, -0.05) is 41.6 Å². The van der Waals surface area contributed by atoms with Gasteiger partial charge in [0.1, 0.15) is 0 Å². The quantitative estimate of drug-likeness (QED) is 0.453. The van der Waals surface area contributed by atoms with Crippen molar-refractivity contribution in [1.29, 1.82) is 0 Å². The average Bonchev–Trinajstić information content (AvgIpc) is 2.90. The van der Waals surface area contributed by atoms with Crippen molar-refractivity contribution in [2.24, 2.45) is 5.41 Å². The molecule has 0 atom stereocenters. The van der Waals surface area contributed by atoms with Gasteiger partial charge < -0.3 is 9.80 Å². The molecule has 3 aromatic rings. The summed E-state index contributed by atoms with van der Waals surface area (Å²) in [6.45, 7) is 2.22. The molecule has 2 aliphatic rings. The number of nitrogens with zero attached hydrogens (tertiary/aromatic N) is 2. The van der Waals surface area contributed by atoms with E-state index in [2.05, 4.69) is 11.8 Å². The summed E-state index contributed by atoms with van der Waals surface area (Å²) in [7, 11) is -3.47. The van der Waals surface area contributed by atoms with Crippen LogP contribution in [0.25, 0.3) is 0 Å². The largest absolute Gasteiger partial charge is 0.338 e. The third-order valence-corrected chi connectivity index (χ3v) is 8.58. The average molecular weight is 547 g/mol. The minimum Gasteiger partial charge on any atom is -0.338 e. The van der Waals surface area contributed by atoms with E-state index in [1.807, 2.05) is 47.4 Å². The lowest BCUT2D eigenvalue weighted by Gasteiger charge is -2.54. The van der Waals surface area contributed by atoms with Crippen LogP contribution in [0.15, 0.2) is 77.7 Å². The summed E-state index contributed by atoms with van der Waals surface area (Å²) in [5.74, 6) is 5.92. The van der Waals surface area contributed by atoms with Crippen LogP contribution in [0.4, 0.5) is 0 Å². The highest BCUT2D eigenvalue weighted by molar-refractivity contribution is 7.90. The molecular formula is C30H27ClN2O4S. The fourth-order valence-electron chi connectivity index (χ4n) is 5.16. The minimum absolute atomic E-state index is 0.0365. The van der Waals surface area contributed by atoms with E-state index in [-0.39, 0.29) is 32.7 Å². The van der Waals surface area contributed by atoms with Crippen molar-refractivity contribution in [2.45, 2.75) is 17.7 Å². The monoisotopic (exact) mass is 546 g/mol. The fraction of sp³-hybridized carbons (Fsp3) is 0.267. The Morgan fingerprint density at radius 3 is 2.13 bits per heavy atom. The van der Waals surface area contributed by atoms with Crippen molar-refractivity contribution in [3.8, 4) is 11.8 Å². The molecule has 194 valence electrons. The number of likely N-dealkylation sites (tertiary alicyclic amines) is 2. The maximum Gasteiger partial charge on any atom is 0.255 e. The summed E-state index contributed by atoms with van der Waals surface area (Å²) >= 11 is 6.27. The maximum absolute atomic E-state index is 13.3. The molecule has 0 aliphatic carbocycles. The van der Waals surface area contributed by atoms with Gasteiger partial charge in [0.25, 0.3) is 11.8 Å². The number of hydrogen-bond acceptors (Lipinski definition) is 4. The summed E-state index contributed by atoms with van der Waals surface area (Å²) in [6, 6.07) is 21.3. The molecule has 3 aromatic carbocycles. The van der Waals surface area contributed by atoms with Gasteiger partial charge >= 0.3 is 0 Å². The molecule has 0 unspecified atom stereocenters. The molecule has 5 rings (SSSR count). The number of sulfone groups is 1. The normalized spacial score (nSPS) is 16.4. The van der Waals surface area contributed by atoms with Crippen LogP contribution in [-0.4, -0.2) is 62.5 Å². The van der Waals surface area contributed by atoms with Crippen LogP contribution >= 0.6 is 11.6 Å². The minimum atomic E-state index is -3.47. The molecule has 38 heavy (non-hydrogen) atoms. The van der Waals surface area contributed by atoms with E-state index in [0.29, 0.717) is 31.7 Å². The first-order chi connectivity index (χ1) is 18.1. The Morgan fingerprint density at radius 2 is 1.47 bits per heavy atom. The van der Waals surface area contributed by atoms with Crippen molar-refractivity contribution in [3.63, 3.8) is 0 Å². The highest BCUT2D eigenvalue weighted by Gasteiger charge is 2.48. The molecule has 2 saturated heterocycles. The predicted octanol–water partition coefficient (Wildman–Crippen LogP) is 4.52. The molecule has 0 saturated carbocycles. The van der Waals surface area contributed by atoms with Crippen molar-refractivity contribution >= 4 is 33.3 Å². The third kappa shape index (κ3) is 5.47. The Hall–Kier alpha value is -3.60. The van der Waals surface area contributed by atoms with Crippen molar-refractivity contribution in [1.82, 2.24) is 9.80 Å². The first-order valence-electron chi connectivity index (χ1n) is 12.4. The standard InChI is InChI=1S/C30H27ClN2O4S/c1-38(36,37)25-14-15-27(31)26(18-25)29(35)32-17-5-16-30(19-32)20-33(21-30)28(34)24-12-10-23(11-13-24)9-8-22-6-3-2-4-7-22/h2-4,6-7,10-15,18H,5,16-17,19-21H2,1H3. The lowest BCUT2D eigenvalue weighted by molar-refractivity contribution is -0.0338. The van der Waals surface area contributed by atoms with Crippen LogP contribution in [0.2, 0.25) is 5.02 Å². The van der Waals surface area contributed by atoms with Gasteiger partial charge in [-0.25, -0.2) is 8.42 Å². The second-order valence-corrected chi connectivity index (χ2v) is 12.5. The summed E-state index contributed by atoms with van der Waals surface area (Å²) < 4.78 is 23.9. The summed E-state index contributed by atoms with van der Waals surface area (Å²) in [6.07, 6.45) is 2.84. The van der Waals surface area contributed by atoms with Crippen LogP contribution in [0.1, 0.15) is 44.7 Å². The molecule has 1 spiro atoms. The number of halogens is 1. The van der Waals surface area contributed by atoms with E-state index >= 15 is 0 Å². The summed E-state index contributed by atoms with van der Waals surface area (Å²) in [5, 5.41) is 0.226. The topological polar surface area (TPSA) is 74.8 Å². The zero-order valence-corrected chi connectivity index (χ0v) is 22.6. The molecule has 6 nitrogen and oxygen atoms in total. The molecule has 0 radical (unpaired) electrons. The molecule has 0 bridgehead atoms. The Balaban J connectivity index is 1.23. The molecule has 0 aromatic heterocycles. The zero-order valence-electron chi connectivity index (χ0n) is 21.0. The zero-order chi connectivity index (χ0) is 26.9. The number of hydrogen-bond donors (Lipinski definition) is 0. The Morgan fingerprint density at radius 1 is 0.842 bits per heavy atom. The highest BCUT2D eigenvalue weighted by Crippen LogP contribution is 2.40. The Kier molecular flexibility index (Phi) is 7.04. The van der Waals surface area contributed by atoms with Crippen molar-refractivity contribution in [2.75, 3.05) is 32.4 Å². The second-order valence-electron chi connectivity index (χ2n) is 10.1. The predicted molar refractivity (Wildman–Crippen MR) is 147 cm³/mol. The van der Waals surface area contributed by atoms with Gasteiger partial charge in [-0.05, 0) is 67.4 Å². The third-order valence-electron chi connectivity index (χ3n) is 7.14. The van der Waals surface area contributed by atoms with Crippen LogP contribution < -0.4 is 0 Å². The van der Waals surface area contributed by atoms with Crippen molar-refractivity contribution in [3.05, 3.63) is 100 Å².